The van der Waals surface area contributed by atoms with E-state index in [1.165, 1.54) is 16.2 Å². The first-order chi connectivity index (χ1) is 12.0. The molecule has 2 aromatic rings. The van der Waals surface area contributed by atoms with Gasteiger partial charge in [0, 0.05) is 9.90 Å². The highest BCUT2D eigenvalue weighted by Crippen LogP contribution is 2.29. The smallest absolute Gasteiger partial charge is 0.279 e. The summed E-state index contributed by atoms with van der Waals surface area (Å²) in [6.45, 7) is 4.30. The molecular weight excluding hydrogens is 360 g/mol. The largest absolute Gasteiger partial charge is 0.492 e. The van der Waals surface area contributed by atoms with E-state index in [-0.39, 0.29) is 24.3 Å². The van der Waals surface area contributed by atoms with Crippen molar-refractivity contribution < 1.29 is 14.3 Å². The number of hydrogen-bond acceptors (Lipinski definition) is 4. The van der Waals surface area contributed by atoms with Crippen molar-refractivity contribution in [1.29, 1.82) is 0 Å². The Balaban J connectivity index is 1.58. The van der Waals surface area contributed by atoms with Crippen LogP contribution in [0.15, 0.2) is 24.3 Å². The lowest BCUT2D eigenvalue weighted by atomic mass is 9.96. The fourth-order valence-corrected chi connectivity index (χ4v) is 4.00. The second-order valence-corrected chi connectivity index (χ2v) is 7.55. The first-order valence-electron chi connectivity index (χ1n) is 8.08. The molecule has 1 atom stereocenters. The van der Waals surface area contributed by atoms with Crippen LogP contribution in [0, 0.1) is 12.8 Å². The number of hydrogen-bond donors (Lipinski definition) is 2. The Kier molecular flexibility index (Phi) is 5.30. The summed E-state index contributed by atoms with van der Waals surface area (Å²) in [6.07, 6.45) is 1.41. The van der Waals surface area contributed by atoms with Crippen molar-refractivity contribution in [3.8, 4) is 5.75 Å². The number of ether oxygens (including phenoxy) is 1. The quantitative estimate of drug-likeness (QED) is 0.805. The second-order valence-electron chi connectivity index (χ2n) is 5.98. The molecule has 1 aromatic heterocycles. The van der Waals surface area contributed by atoms with Gasteiger partial charge in [0.15, 0.2) is 0 Å². The van der Waals surface area contributed by atoms with Gasteiger partial charge in [-0.1, -0.05) is 18.5 Å². The molecule has 0 fully saturated rings. The maximum atomic E-state index is 12.3. The highest BCUT2D eigenvalue weighted by molar-refractivity contribution is 7.14. The van der Waals surface area contributed by atoms with Crippen LogP contribution < -0.4 is 15.6 Å². The molecule has 0 radical (unpaired) electrons. The summed E-state index contributed by atoms with van der Waals surface area (Å²) in [5, 5.41) is 0.608. The van der Waals surface area contributed by atoms with Crippen molar-refractivity contribution >= 4 is 34.8 Å². The van der Waals surface area contributed by atoms with Crippen LogP contribution in [0.4, 0.5) is 0 Å². The van der Waals surface area contributed by atoms with Crippen LogP contribution in [0.3, 0.4) is 0 Å². The predicted molar refractivity (Wildman–Crippen MR) is 98.2 cm³/mol. The average molecular weight is 379 g/mol. The minimum Gasteiger partial charge on any atom is -0.492 e. The zero-order chi connectivity index (χ0) is 18.0. The van der Waals surface area contributed by atoms with Gasteiger partial charge in [0.1, 0.15) is 12.4 Å². The van der Waals surface area contributed by atoms with Gasteiger partial charge in [-0.05, 0) is 55.2 Å². The number of carbonyl (C=O) groups is 2. The highest BCUT2D eigenvalue weighted by atomic mass is 35.5. The summed E-state index contributed by atoms with van der Waals surface area (Å²) in [5.74, 6) is -0.203. The summed E-state index contributed by atoms with van der Waals surface area (Å²) in [4.78, 5) is 26.3. The predicted octanol–water partition coefficient (Wildman–Crippen LogP) is 3.28. The molecule has 2 heterocycles. The summed E-state index contributed by atoms with van der Waals surface area (Å²) < 4.78 is 5.61. The van der Waals surface area contributed by atoms with Gasteiger partial charge in [0.25, 0.3) is 5.91 Å². The van der Waals surface area contributed by atoms with Gasteiger partial charge in [-0.3, -0.25) is 20.4 Å². The molecule has 132 valence electrons. The van der Waals surface area contributed by atoms with Crippen LogP contribution in [-0.4, -0.2) is 18.4 Å². The molecule has 1 aliphatic rings. The van der Waals surface area contributed by atoms with Crippen molar-refractivity contribution in [2.45, 2.75) is 26.7 Å². The number of aryl methyl sites for hydroxylation is 2. The van der Waals surface area contributed by atoms with Crippen LogP contribution >= 0.6 is 22.9 Å². The first kappa shape index (κ1) is 17.8. The van der Waals surface area contributed by atoms with Gasteiger partial charge in [-0.25, -0.2) is 0 Å². The van der Waals surface area contributed by atoms with Gasteiger partial charge in [-0.15, -0.1) is 11.3 Å². The molecule has 0 saturated heterocycles. The van der Waals surface area contributed by atoms with Gasteiger partial charge in [0.05, 0.1) is 10.8 Å². The molecule has 7 heteroatoms. The van der Waals surface area contributed by atoms with E-state index in [1.54, 1.807) is 18.2 Å². The Morgan fingerprint density at radius 1 is 1.32 bits per heavy atom. The van der Waals surface area contributed by atoms with E-state index in [0.717, 1.165) is 23.3 Å². The Morgan fingerprint density at radius 3 is 2.84 bits per heavy atom. The number of nitrogens with one attached hydrogen (secondary N) is 2. The van der Waals surface area contributed by atoms with Crippen LogP contribution in [0.1, 0.15) is 32.6 Å². The number of rotatable bonds is 3. The van der Waals surface area contributed by atoms with Crippen LogP contribution in [0.5, 0.6) is 5.75 Å². The molecule has 0 bridgehead atoms. The Morgan fingerprint density at radius 2 is 2.12 bits per heavy atom. The third-order valence-electron chi connectivity index (χ3n) is 4.16. The lowest BCUT2D eigenvalue weighted by Crippen LogP contribution is -2.46. The van der Waals surface area contributed by atoms with Gasteiger partial charge >= 0.3 is 0 Å². The number of carbonyl (C=O) groups excluding carboxylic acids is 2. The second kappa shape index (κ2) is 7.45. The number of fused-ring (bicyclic) bond motifs is 1. The van der Waals surface area contributed by atoms with Gasteiger partial charge < -0.3 is 4.74 Å². The van der Waals surface area contributed by atoms with E-state index < -0.39 is 0 Å². The molecule has 25 heavy (non-hydrogen) atoms. The molecule has 1 aliphatic heterocycles. The maximum absolute atomic E-state index is 12.3. The topological polar surface area (TPSA) is 67.4 Å². The fourth-order valence-electron chi connectivity index (χ4n) is 2.80. The highest BCUT2D eigenvalue weighted by Gasteiger charge is 2.26. The Hall–Kier alpha value is -2.05. The van der Waals surface area contributed by atoms with Crippen molar-refractivity contribution in [2.24, 2.45) is 5.92 Å². The molecule has 2 N–H and O–H groups in total. The van der Waals surface area contributed by atoms with E-state index in [0.29, 0.717) is 16.3 Å². The van der Waals surface area contributed by atoms with E-state index in [1.807, 2.05) is 13.0 Å². The molecule has 0 spiro atoms. The minimum absolute atomic E-state index is 0.272. The van der Waals surface area contributed by atoms with E-state index in [4.69, 9.17) is 16.3 Å². The Bertz CT molecular complexity index is 819. The fraction of sp³-hybridized carbons (Fsp3) is 0.333. The zero-order valence-electron chi connectivity index (χ0n) is 14.0. The average Bonchev–Trinajstić information content (AvgIpc) is 2.99. The number of halogens is 1. The van der Waals surface area contributed by atoms with Crippen molar-refractivity contribution in [1.82, 2.24) is 10.9 Å². The lowest BCUT2D eigenvalue weighted by Gasteiger charge is -2.24. The third kappa shape index (κ3) is 3.96. The van der Waals surface area contributed by atoms with Gasteiger partial charge in [-0.2, -0.15) is 0 Å². The monoisotopic (exact) mass is 378 g/mol. The number of thiophene rings is 1. The molecule has 3 rings (SSSR count). The molecule has 0 aliphatic carbocycles. The number of amides is 2. The van der Waals surface area contributed by atoms with E-state index in [9.17, 15) is 9.59 Å². The summed E-state index contributed by atoms with van der Waals surface area (Å²) in [5.41, 5.74) is 6.97. The number of hydrazine groups is 1. The van der Waals surface area contributed by atoms with Gasteiger partial charge in [0.2, 0.25) is 5.91 Å². The summed E-state index contributed by atoms with van der Waals surface area (Å²) in [7, 11) is 0. The molecule has 0 saturated carbocycles. The molecule has 1 aromatic carbocycles. The maximum Gasteiger partial charge on any atom is 0.279 e. The normalized spacial score (nSPS) is 15.9. The SMILES string of the molecule is CCc1sc(C(=O)NNC(=O)[C@@H]2COc3ccc(Cl)cc3C2)cc1C. The number of benzene rings is 1. The lowest BCUT2D eigenvalue weighted by molar-refractivity contribution is -0.127. The zero-order valence-corrected chi connectivity index (χ0v) is 15.6. The summed E-state index contributed by atoms with van der Waals surface area (Å²) in [6, 6.07) is 7.20. The molecule has 2 amide bonds. The van der Waals surface area contributed by atoms with Crippen molar-refractivity contribution in [3.63, 3.8) is 0 Å². The first-order valence-corrected chi connectivity index (χ1v) is 9.28. The van der Waals surface area contributed by atoms with Crippen LogP contribution in [0.25, 0.3) is 0 Å². The van der Waals surface area contributed by atoms with Crippen molar-refractivity contribution in [3.05, 3.63) is 50.2 Å². The molecular formula is C18H19ClN2O3S. The molecule has 0 unspecified atom stereocenters. The van der Waals surface area contributed by atoms with E-state index in [2.05, 4.69) is 17.8 Å². The standard InChI is InChI=1S/C18H19ClN2O3S/c1-3-15-10(2)6-16(25-15)18(23)21-20-17(22)12-7-11-8-13(19)4-5-14(11)24-9-12/h4-6,8,12H,3,7,9H2,1-2H3,(H,20,22)(H,21,23)/t12-/m0/s1. The minimum atomic E-state index is -0.373. The third-order valence-corrected chi connectivity index (χ3v) is 5.78. The Labute approximate surface area is 155 Å². The summed E-state index contributed by atoms with van der Waals surface area (Å²) >= 11 is 7.43. The van der Waals surface area contributed by atoms with Crippen molar-refractivity contribution in [2.75, 3.05) is 6.61 Å². The van der Waals surface area contributed by atoms with E-state index >= 15 is 0 Å². The molecule has 5 nitrogen and oxygen atoms in total. The van der Waals surface area contributed by atoms with Crippen LogP contribution in [0.2, 0.25) is 5.02 Å². The van der Waals surface area contributed by atoms with Crippen LogP contribution in [-0.2, 0) is 17.6 Å².